The number of ether oxygens (including phenoxy) is 1. The average Bonchev–Trinajstić information content (AvgIpc) is 3.35. The minimum Gasteiger partial charge on any atom is -0.474 e. The van der Waals surface area contributed by atoms with Crippen molar-refractivity contribution in [1.29, 1.82) is 0 Å². The van der Waals surface area contributed by atoms with Crippen LogP contribution >= 0.6 is 0 Å². The van der Waals surface area contributed by atoms with Crippen molar-refractivity contribution >= 4 is 28.4 Å². The summed E-state index contributed by atoms with van der Waals surface area (Å²) in [6.45, 7) is 5.93. The van der Waals surface area contributed by atoms with E-state index in [4.69, 9.17) is 9.84 Å². The molecule has 10 nitrogen and oxygen atoms in total. The van der Waals surface area contributed by atoms with E-state index in [0.717, 1.165) is 57.8 Å². The standard InChI is InChI=1S/C24H28F2N8O2/c1-14(35)28-18-8-17-16(10-27-18)21(33-7-6-24(13-33)11-32(3)12-24)31-34(17)19-9-20(36-15-4-5-15)30-22(29-19)23(2,25)26/h8-10,15H,4-7,11-13H2,1-3H3,(H,27,28,35). The summed E-state index contributed by atoms with van der Waals surface area (Å²) in [5.74, 6) is -2.83. The first kappa shape index (κ1) is 23.0. The number of nitrogens with zero attached hydrogens (tertiary/aromatic N) is 7. The first-order valence-electron chi connectivity index (χ1n) is 12.1. The van der Waals surface area contributed by atoms with Crippen LogP contribution in [0.3, 0.4) is 0 Å². The topological polar surface area (TPSA) is 101 Å². The monoisotopic (exact) mass is 498 g/mol. The van der Waals surface area contributed by atoms with E-state index >= 15 is 0 Å². The summed E-state index contributed by atoms with van der Waals surface area (Å²) in [6, 6.07) is 3.22. The molecule has 3 aliphatic rings. The van der Waals surface area contributed by atoms with Gasteiger partial charge < -0.3 is 19.9 Å². The molecule has 0 atom stereocenters. The molecule has 2 saturated heterocycles. The average molecular weight is 499 g/mol. The molecule has 1 amide bonds. The molecule has 1 spiro atoms. The minimum atomic E-state index is -3.26. The van der Waals surface area contributed by atoms with Gasteiger partial charge in [-0.15, -0.1) is 5.10 Å². The molecular formula is C24H28F2N8O2. The quantitative estimate of drug-likeness (QED) is 0.554. The highest BCUT2D eigenvalue weighted by Gasteiger charge is 2.47. The Bertz CT molecular complexity index is 1340. The third-order valence-corrected chi connectivity index (χ3v) is 6.91. The second-order valence-corrected chi connectivity index (χ2v) is 10.4. The largest absolute Gasteiger partial charge is 0.474 e. The van der Waals surface area contributed by atoms with E-state index in [9.17, 15) is 13.6 Å². The molecule has 2 aliphatic heterocycles. The molecule has 0 bridgehead atoms. The van der Waals surface area contributed by atoms with Crippen LogP contribution in [0.4, 0.5) is 20.4 Å². The Morgan fingerprint density at radius 1 is 1.22 bits per heavy atom. The van der Waals surface area contributed by atoms with Gasteiger partial charge in [0.15, 0.2) is 11.6 Å². The molecule has 1 saturated carbocycles. The molecular weight excluding hydrogens is 470 g/mol. The molecule has 1 N–H and O–H groups in total. The number of nitrogens with one attached hydrogen (secondary N) is 1. The number of hydrogen-bond donors (Lipinski definition) is 1. The summed E-state index contributed by atoms with van der Waals surface area (Å²) in [6.07, 6.45) is 4.43. The zero-order valence-corrected chi connectivity index (χ0v) is 20.5. The number of alkyl halides is 2. The van der Waals surface area contributed by atoms with Gasteiger partial charge in [-0.05, 0) is 26.3 Å². The number of halogens is 2. The van der Waals surface area contributed by atoms with E-state index in [1.54, 1.807) is 12.3 Å². The van der Waals surface area contributed by atoms with Crippen molar-refractivity contribution in [3.05, 3.63) is 24.2 Å². The molecule has 1 aliphatic carbocycles. The highest BCUT2D eigenvalue weighted by molar-refractivity contribution is 5.95. The summed E-state index contributed by atoms with van der Waals surface area (Å²) >= 11 is 0. The zero-order valence-electron chi connectivity index (χ0n) is 20.5. The Kier molecular flexibility index (Phi) is 5.15. The van der Waals surface area contributed by atoms with Gasteiger partial charge >= 0.3 is 5.92 Å². The van der Waals surface area contributed by atoms with Crippen LogP contribution in [0.1, 0.15) is 38.9 Å². The van der Waals surface area contributed by atoms with Crippen molar-refractivity contribution < 1.29 is 18.3 Å². The molecule has 3 fully saturated rings. The van der Waals surface area contributed by atoms with Crippen molar-refractivity contribution in [2.24, 2.45) is 5.41 Å². The number of aromatic nitrogens is 5. The van der Waals surface area contributed by atoms with E-state index in [1.807, 2.05) is 0 Å². The van der Waals surface area contributed by atoms with Crippen LogP contribution in [0.2, 0.25) is 0 Å². The third-order valence-electron chi connectivity index (χ3n) is 6.91. The third kappa shape index (κ3) is 4.23. The van der Waals surface area contributed by atoms with Crippen molar-refractivity contribution in [2.45, 2.75) is 45.1 Å². The smallest absolute Gasteiger partial charge is 0.304 e. The van der Waals surface area contributed by atoms with E-state index in [-0.39, 0.29) is 29.1 Å². The molecule has 5 heterocycles. The molecule has 12 heteroatoms. The maximum atomic E-state index is 14.3. The lowest BCUT2D eigenvalue weighted by atomic mass is 9.79. The van der Waals surface area contributed by atoms with Gasteiger partial charge in [-0.25, -0.2) is 14.6 Å². The van der Waals surface area contributed by atoms with E-state index in [1.165, 1.54) is 17.7 Å². The van der Waals surface area contributed by atoms with Gasteiger partial charge in [0, 0.05) is 63.8 Å². The van der Waals surface area contributed by atoms with E-state index in [2.05, 4.69) is 37.1 Å². The predicted molar refractivity (Wildman–Crippen MR) is 129 cm³/mol. The van der Waals surface area contributed by atoms with Crippen molar-refractivity contribution in [3.63, 3.8) is 0 Å². The molecule has 3 aromatic rings. The second kappa shape index (κ2) is 8.05. The van der Waals surface area contributed by atoms with Crippen molar-refractivity contribution in [1.82, 2.24) is 29.6 Å². The summed E-state index contributed by atoms with van der Waals surface area (Å²) in [4.78, 5) is 28.7. The summed E-state index contributed by atoms with van der Waals surface area (Å²) in [7, 11) is 2.11. The van der Waals surface area contributed by atoms with Crippen molar-refractivity contribution in [2.75, 3.05) is 43.4 Å². The maximum Gasteiger partial charge on any atom is 0.304 e. The number of carbonyl (C=O) groups is 1. The Hall–Kier alpha value is -3.41. The van der Waals surface area contributed by atoms with Crippen LogP contribution in [-0.4, -0.2) is 74.9 Å². The van der Waals surface area contributed by atoms with Gasteiger partial charge in [0.2, 0.25) is 17.6 Å². The summed E-state index contributed by atoms with van der Waals surface area (Å²) < 4.78 is 36.0. The van der Waals surface area contributed by atoms with Gasteiger partial charge in [-0.2, -0.15) is 13.8 Å². The number of pyridine rings is 1. The highest BCUT2D eigenvalue weighted by atomic mass is 19.3. The molecule has 190 valence electrons. The molecule has 3 aromatic heterocycles. The summed E-state index contributed by atoms with van der Waals surface area (Å²) in [5.41, 5.74) is 0.836. The Morgan fingerprint density at radius 2 is 2.00 bits per heavy atom. The fraction of sp³-hybridized carbons (Fsp3) is 0.542. The first-order chi connectivity index (χ1) is 17.1. The van der Waals surface area contributed by atoms with Gasteiger partial charge in [0.25, 0.3) is 0 Å². The molecule has 6 rings (SSSR count). The zero-order chi connectivity index (χ0) is 25.2. The lowest BCUT2D eigenvalue weighted by Crippen LogP contribution is -2.55. The molecule has 0 radical (unpaired) electrons. The van der Waals surface area contributed by atoms with Crippen LogP contribution in [0.5, 0.6) is 5.88 Å². The van der Waals surface area contributed by atoms with Gasteiger partial charge in [-0.3, -0.25) is 4.79 Å². The number of anilines is 2. The Balaban J connectivity index is 1.47. The predicted octanol–water partition coefficient (Wildman–Crippen LogP) is 2.96. The molecule has 36 heavy (non-hydrogen) atoms. The van der Waals surface area contributed by atoms with Gasteiger partial charge in [0.1, 0.15) is 11.9 Å². The minimum absolute atomic E-state index is 0.0204. The number of hydrogen-bond acceptors (Lipinski definition) is 8. The van der Waals surface area contributed by atoms with Gasteiger partial charge in [-0.1, -0.05) is 0 Å². The number of amides is 1. The van der Waals surface area contributed by atoms with E-state index < -0.39 is 11.7 Å². The Labute approximate surface area is 206 Å². The normalized spacial score (nSPS) is 19.6. The number of likely N-dealkylation sites (tertiary alicyclic amines) is 1. The molecule has 0 unspecified atom stereocenters. The summed E-state index contributed by atoms with van der Waals surface area (Å²) in [5, 5.41) is 8.29. The SMILES string of the molecule is CC(=O)Nc1cc2c(cn1)c(N1CCC3(CN(C)C3)C1)nn2-c1cc(OC2CC2)nc(C(C)(F)F)n1. The Morgan fingerprint density at radius 3 is 2.67 bits per heavy atom. The highest BCUT2D eigenvalue weighted by Crippen LogP contribution is 2.42. The number of rotatable bonds is 6. The van der Waals surface area contributed by atoms with Gasteiger partial charge in [0.05, 0.1) is 10.9 Å². The van der Waals surface area contributed by atoms with Crippen LogP contribution in [0.25, 0.3) is 16.7 Å². The fourth-order valence-corrected chi connectivity index (χ4v) is 5.26. The van der Waals surface area contributed by atoms with E-state index in [0.29, 0.717) is 17.2 Å². The van der Waals surface area contributed by atoms with Crippen molar-refractivity contribution in [3.8, 4) is 11.7 Å². The number of carbonyl (C=O) groups excluding carboxylic acids is 1. The lowest BCUT2D eigenvalue weighted by Gasteiger charge is -2.46. The van der Waals surface area contributed by atoms with Crippen LogP contribution < -0.4 is 15.0 Å². The second-order valence-electron chi connectivity index (χ2n) is 10.4. The fourth-order valence-electron chi connectivity index (χ4n) is 5.26. The van der Waals surface area contributed by atoms with Crippen LogP contribution in [0, 0.1) is 5.41 Å². The molecule has 0 aromatic carbocycles. The maximum absolute atomic E-state index is 14.3. The van der Waals surface area contributed by atoms with Crippen LogP contribution in [-0.2, 0) is 10.7 Å². The number of fused-ring (bicyclic) bond motifs is 1. The first-order valence-corrected chi connectivity index (χ1v) is 12.1. The lowest BCUT2D eigenvalue weighted by molar-refractivity contribution is -0.114. The van der Waals surface area contributed by atoms with Crippen LogP contribution in [0.15, 0.2) is 18.3 Å².